The molecule has 0 amide bonds. The Kier molecular flexibility index (Phi) is 4.56. The number of nitrogens with zero attached hydrogens (tertiary/aromatic N) is 3. The lowest BCUT2D eigenvalue weighted by Crippen LogP contribution is -2.00. The molecule has 0 bridgehead atoms. The monoisotopic (exact) mass is 397 g/mol. The van der Waals surface area contributed by atoms with Crippen molar-refractivity contribution in [2.75, 3.05) is 0 Å². The van der Waals surface area contributed by atoms with Gasteiger partial charge in [-0.1, -0.05) is 60.7 Å². The number of benzene rings is 3. The second-order valence-corrected chi connectivity index (χ2v) is 7.10. The van der Waals surface area contributed by atoms with E-state index in [1.807, 2.05) is 41.2 Å². The van der Waals surface area contributed by atoms with Gasteiger partial charge in [-0.05, 0) is 34.9 Å². The quantitative estimate of drug-likeness (QED) is 0.370. The van der Waals surface area contributed by atoms with E-state index in [9.17, 15) is 8.78 Å². The number of pyridine rings is 1. The maximum atomic E-state index is 14.1. The Labute approximate surface area is 172 Å². The van der Waals surface area contributed by atoms with Crippen LogP contribution >= 0.6 is 0 Å². The third kappa shape index (κ3) is 3.46. The SMILES string of the molecule is Fc1cccc(-c2nc3ccn(Cc4ccc(-c5ccccc5)cc4)cc-3n2)c1F. The summed E-state index contributed by atoms with van der Waals surface area (Å²) in [5, 5.41) is 0. The highest BCUT2D eigenvalue weighted by atomic mass is 19.2. The van der Waals surface area contributed by atoms with Crippen molar-refractivity contribution >= 4 is 0 Å². The van der Waals surface area contributed by atoms with E-state index in [0.717, 1.165) is 11.6 Å². The van der Waals surface area contributed by atoms with Gasteiger partial charge >= 0.3 is 0 Å². The van der Waals surface area contributed by atoms with Crippen molar-refractivity contribution in [2.24, 2.45) is 0 Å². The van der Waals surface area contributed by atoms with Gasteiger partial charge in [0, 0.05) is 18.9 Å². The summed E-state index contributed by atoms with van der Waals surface area (Å²) in [5.74, 6) is -1.65. The molecule has 146 valence electrons. The maximum absolute atomic E-state index is 14.1. The van der Waals surface area contributed by atoms with E-state index < -0.39 is 11.6 Å². The molecular formula is C25H17F2N3. The van der Waals surface area contributed by atoms with Crippen LogP contribution in [0.2, 0.25) is 0 Å². The third-order valence-electron chi connectivity index (χ3n) is 5.05. The molecule has 3 aromatic rings. The second-order valence-electron chi connectivity index (χ2n) is 7.10. The highest BCUT2D eigenvalue weighted by Crippen LogP contribution is 2.27. The molecule has 0 fully saturated rings. The van der Waals surface area contributed by atoms with E-state index in [0.29, 0.717) is 17.9 Å². The van der Waals surface area contributed by atoms with Gasteiger partial charge in [0.1, 0.15) is 5.69 Å². The molecule has 0 aliphatic carbocycles. The van der Waals surface area contributed by atoms with E-state index in [4.69, 9.17) is 0 Å². The van der Waals surface area contributed by atoms with Crippen LogP contribution in [0.4, 0.5) is 8.78 Å². The minimum Gasteiger partial charge on any atom is -0.348 e. The Hall–Kier alpha value is -3.86. The van der Waals surface area contributed by atoms with Gasteiger partial charge in [-0.25, -0.2) is 18.7 Å². The standard InChI is InChI=1S/C25H17F2N3/c26-21-8-4-7-20(24(21)27)25-28-22-13-14-30(16-23(22)29-25)15-17-9-11-19(12-10-17)18-5-2-1-3-6-18/h1-14,16H,15H2. The fraction of sp³-hybridized carbons (Fsp3) is 0.0400. The van der Waals surface area contributed by atoms with Crippen LogP contribution in [0.25, 0.3) is 33.9 Å². The van der Waals surface area contributed by atoms with Gasteiger partial charge in [-0.15, -0.1) is 0 Å². The van der Waals surface area contributed by atoms with Crippen molar-refractivity contribution in [1.29, 1.82) is 0 Å². The van der Waals surface area contributed by atoms with Crippen LogP contribution in [-0.2, 0) is 6.54 Å². The summed E-state index contributed by atoms with van der Waals surface area (Å²) in [6.07, 6.45) is 3.78. The first-order valence-electron chi connectivity index (χ1n) is 9.60. The highest BCUT2D eigenvalue weighted by Gasteiger charge is 2.17. The molecule has 0 N–H and O–H groups in total. The Morgan fingerprint density at radius 1 is 0.700 bits per heavy atom. The summed E-state index contributed by atoms with van der Waals surface area (Å²) in [6, 6.07) is 24.5. The molecule has 0 aromatic heterocycles. The molecule has 2 heterocycles. The zero-order valence-electron chi connectivity index (χ0n) is 16.0. The van der Waals surface area contributed by atoms with E-state index in [1.165, 1.54) is 23.3 Å². The van der Waals surface area contributed by atoms with Gasteiger partial charge in [0.25, 0.3) is 0 Å². The molecule has 0 unspecified atom stereocenters. The molecule has 0 atom stereocenters. The zero-order valence-corrected chi connectivity index (χ0v) is 16.0. The lowest BCUT2D eigenvalue weighted by molar-refractivity contribution is 0.510. The molecule has 3 aromatic carbocycles. The molecule has 5 rings (SSSR count). The Bertz CT molecular complexity index is 1280. The lowest BCUT2D eigenvalue weighted by Gasteiger charge is -2.09. The molecule has 3 nitrogen and oxygen atoms in total. The van der Waals surface area contributed by atoms with Gasteiger partial charge in [0.2, 0.25) is 0 Å². The molecule has 0 saturated heterocycles. The fourth-order valence-electron chi connectivity index (χ4n) is 3.49. The molecule has 0 radical (unpaired) electrons. The average Bonchev–Trinajstić information content (AvgIpc) is 3.20. The summed E-state index contributed by atoms with van der Waals surface area (Å²) < 4.78 is 29.6. The smallest absolute Gasteiger partial charge is 0.169 e. The van der Waals surface area contributed by atoms with E-state index in [-0.39, 0.29) is 11.4 Å². The van der Waals surface area contributed by atoms with E-state index in [2.05, 4.69) is 46.4 Å². The number of halogens is 2. The van der Waals surface area contributed by atoms with Crippen LogP contribution in [0.15, 0.2) is 91.3 Å². The normalized spacial score (nSPS) is 11.1. The second kappa shape index (κ2) is 7.52. The summed E-state index contributed by atoms with van der Waals surface area (Å²) >= 11 is 0. The largest absolute Gasteiger partial charge is 0.348 e. The van der Waals surface area contributed by atoms with E-state index >= 15 is 0 Å². The number of hydrogen-bond acceptors (Lipinski definition) is 2. The first-order chi connectivity index (χ1) is 14.7. The summed E-state index contributed by atoms with van der Waals surface area (Å²) in [5.41, 5.74) is 4.84. The molecule has 2 aliphatic heterocycles. The van der Waals surface area contributed by atoms with Gasteiger partial charge in [0.15, 0.2) is 17.5 Å². The molecule has 0 saturated carbocycles. The van der Waals surface area contributed by atoms with Crippen LogP contribution in [0, 0.1) is 11.6 Å². The van der Waals surface area contributed by atoms with Crippen molar-refractivity contribution in [3.8, 4) is 33.9 Å². The fourth-order valence-corrected chi connectivity index (χ4v) is 3.49. The van der Waals surface area contributed by atoms with Crippen LogP contribution in [0.5, 0.6) is 0 Å². The first-order valence-corrected chi connectivity index (χ1v) is 9.60. The average molecular weight is 397 g/mol. The molecule has 2 aliphatic rings. The highest BCUT2D eigenvalue weighted by molar-refractivity contribution is 5.66. The predicted octanol–water partition coefficient (Wildman–Crippen LogP) is 6.04. The molecule has 30 heavy (non-hydrogen) atoms. The van der Waals surface area contributed by atoms with Crippen molar-refractivity contribution in [3.63, 3.8) is 0 Å². The predicted molar refractivity (Wildman–Crippen MR) is 113 cm³/mol. The van der Waals surface area contributed by atoms with Crippen LogP contribution in [0.1, 0.15) is 5.56 Å². The van der Waals surface area contributed by atoms with Gasteiger partial charge in [-0.3, -0.25) is 0 Å². The molecular weight excluding hydrogens is 380 g/mol. The number of hydrogen-bond donors (Lipinski definition) is 0. The number of imidazole rings is 1. The first kappa shape index (κ1) is 18.2. The summed E-state index contributed by atoms with van der Waals surface area (Å²) in [7, 11) is 0. The summed E-state index contributed by atoms with van der Waals surface area (Å²) in [6.45, 7) is 0.668. The minimum atomic E-state index is -0.931. The van der Waals surface area contributed by atoms with Crippen molar-refractivity contribution in [3.05, 3.63) is 108 Å². The zero-order chi connectivity index (χ0) is 20.5. The Morgan fingerprint density at radius 3 is 2.23 bits per heavy atom. The van der Waals surface area contributed by atoms with Crippen molar-refractivity contribution in [2.45, 2.75) is 6.54 Å². The van der Waals surface area contributed by atoms with Crippen LogP contribution in [-0.4, -0.2) is 14.5 Å². The van der Waals surface area contributed by atoms with E-state index in [1.54, 1.807) is 0 Å². The topological polar surface area (TPSA) is 30.7 Å². The van der Waals surface area contributed by atoms with Crippen molar-refractivity contribution < 1.29 is 8.78 Å². The number of aromatic nitrogens is 3. The molecule has 0 spiro atoms. The van der Waals surface area contributed by atoms with Crippen LogP contribution in [0.3, 0.4) is 0 Å². The van der Waals surface area contributed by atoms with Crippen LogP contribution < -0.4 is 0 Å². The van der Waals surface area contributed by atoms with Gasteiger partial charge < -0.3 is 4.57 Å². The lowest BCUT2D eigenvalue weighted by atomic mass is 10.0. The molecule has 5 heteroatoms. The maximum Gasteiger partial charge on any atom is 0.169 e. The Morgan fingerprint density at radius 2 is 1.43 bits per heavy atom. The number of fused-ring (bicyclic) bond motifs is 1. The Balaban J connectivity index is 1.41. The van der Waals surface area contributed by atoms with Gasteiger partial charge in [-0.2, -0.15) is 0 Å². The number of rotatable bonds is 4. The third-order valence-corrected chi connectivity index (χ3v) is 5.05. The van der Waals surface area contributed by atoms with Crippen molar-refractivity contribution in [1.82, 2.24) is 14.5 Å². The van der Waals surface area contributed by atoms with Gasteiger partial charge in [0.05, 0.1) is 11.3 Å². The summed E-state index contributed by atoms with van der Waals surface area (Å²) in [4.78, 5) is 8.75. The minimum absolute atomic E-state index is 0.0641.